The number of carboxylic acids is 1. The van der Waals surface area contributed by atoms with Crippen LogP contribution in [0.3, 0.4) is 0 Å². The van der Waals surface area contributed by atoms with Crippen molar-refractivity contribution >= 4 is 15.8 Å². The molecule has 1 N–H and O–H groups in total. The molecular formula is C14H13NO5S. The predicted molar refractivity (Wildman–Crippen MR) is 75.4 cm³/mol. The Hall–Kier alpha value is -2.41. The fourth-order valence-corrected chi connectivity index (χ4v) is 2.72. The second kappa shape index (κ2) is 5.92. The molecule has 0 saturated carbocycles. The first kappa shape index (κ1) is 15.0. The topological polar surface area (TPSA) is 93.6 Å². The number of hydrogen-bond donors (Lipinski definition) is 1. The van der Waals surface area contributed by atoms with E-state index < -0.39 is 15.8 Å². The molecule has 0 saturated heterocycles. The Morgan fingerprint density at radius 2 is 1.95 bits per heavy atom. The van der Waals surface area contributed by atoms with Crippen molar-refractivity contribution in [2.75, 3.05) is 5.75 Å². The van der Waals surface area contributed by atoms with Gasteiger partial charge in [-0.3, -0.25) is 4.98 Å². The lowest BCUT2D eigenvalue weighted by Gasteiger charge is -2.12. The van der Waals surface area contributed by atoms with Crippen LogP contribution >= 0.6 is 0 Å². The zero-order valence-corrected chi connectivity index (χ0v) is 12.0. The smallest absolute Gasteiger partial charge is 0.339 e. The number of aromatic nitrogens is 1. The van der Waals surface area contributed by atoms with E-state index in [4.69, 9.17) is 9.84 Å². The maximum Gasteiger partial charge on any atom is 0.339 e. The molecule has 0 fully saturated rings. The maximum absolute atomic E-state index is 12.0. The van der Waals surface area contributed by atoms with Gasteiger partial charge in [0.25, 0.3) is 0 Å². The Kier molecular flexibility index (Phi) is 4.23. The highest BCUT2D eigenvalue weighted by Gasteiger charge is 2.19. The summed E-state index contributed by atoms with van der Waals surface area (Å²) in [5.74, 6) is -1.19. The first-order chi connectivity index (χ1) is 9.95. The molecule has 0 bridgehead atoms. The third-order valence-corrected chi connectivity index (χ3v) is 4.57. The molecule has 0 radical (unpaired) electrons. The lowest BCUT2D eigenvalue weighted by Crippen LogP contribution is -2.06. The van der Waals surface area contributed by atoms with Gasteiger partial charge in [0.2, 0.25) is 0 Å². The summed E-state index contributed by atoms with van der Waals surface area (Å²) in [6.45, 7) is 1.53. The number of benzene rings is 1. The van der Waals surface area contributed by atoms with Crippen LogP contribution in [0.25, 0.3) is 0 Å². The van der Waals surface area contributed by atoms with E-state index in [2.05, 4.69) is 4.98 Å². The van der Waals surface area contributed by atoms with E-state index in [9.17, 15) is 13.2 Å². The van der Waals surface area contributed by atoms with Crippen LogP contribution in [0.1, 0.15) is 17.3 Å². The molecule has 0 aliphatic heterocycles. The van der Waals surface area contributed by atoms with Crippen molar-refractivity contribution in [1.29, 1.82) is 0 Å². The summed E-state index contributed by atoms with van der Waals surface area (Å²) in [5, 5.41) is 9.09. The van der Waals surface area contributed by atoms with E-state index in [1.54, 1.807) is 12.1 Å². The van der Waals surface area contributed by atoms with Crippen LogP contribution < -0.4 is 4.74 Å². The molecular weight excluding hydrogens is 294 g/mol. The monoisotopic (exact) mass is 307 g/mol. The minimum Gasteiger partial charge on any atom is -0.478 e. The molecule has 21 heavy (non-hydrogen) atoms. The van der Waals surface area contributed by atoms with Crippen molar-refractivity contribution in [3.8, 4) is 11.5 Å². The Morgan fingerprint density at radius 3 is 2.62 bits per heavy atom. The number of rotatable bonds is 5. The molecule has 1 aromatic carbocycles. The van der Waals surface area contributed by atoms with Gasteiger partial charge in [-0.1, -0.05) is 19.1 Å². The van der Waals surface area contributed by atoms with Crippen LogP contribution in [0.15, 0.2) is 47.6 Å². The summed E-state index contributed by atoms with van der Waals surface area (Å²) in [6, 6.07) is 7.37. The first-order valence-corrected chi connectivity index (χ1v) is 7.78. The standard InChI is InChI=1S/C14H13NO5S/c1-2-21(18,19)13-6-4-3-5-11(13)20-12-9-15-8-7-10(12)14(16)17/h3-9H,2H2,1H3,(H,16,17). The van der Waals surface area contributed by atoms with Gasteiger partial charge in [-0.25, -0.2) is 13.2 Å². The molecule has 6 nitrogen and oxygen atoms in total. The number of nitrogens with zero attached hydrogens (tertiary/aromatic N) is 1. The van der Waals surface area contributed by atoms with Gasteiger partial charge in [0.15, 0.2) is 15.6 Å². The zero-order valence-electron chi connectivity index (χ0n) is 11.2. The highest BCUT2D eigenvalue weighted by molar-refractivity contribution is 7.91. The summed E-state index contributed by atoms with van der Waals surface area (Å²) >= 11 is 0. The van der Waals surface area contributed by atoms with Gasteiger partial charge in [-0.05, 0) is 18.2 Å². The molecule has 0 spiro atoms. The average molecular weight is 307 g/mol. The Labute approximate surface area is 121 Å². The summed E-state index contributed by atoms with van der Waals surface area (Å²) < 4.78 is 29.5. The van der Waals surface area contributed by atoms with E-state index in [1.807, 2.05) is 0 Å². The summed E-state index contributed by atoms with van der Waals surface area (Å²) in [5.41, 5.74) is -0.0892. The Bertz CT molecular complexity index is 770. The minimum absolute atomic E-state index is 0.0104. The number of pyridine rings is 1. The lowest BCUT2D eigenvalue weighted by molar-refractivity contribution is 0.0694. The van der Waals surface area contributed by atoms with Crippen molar-refractivity contribution in [3.63, 3.8) is 0 Å². The van der Waals surface area contributed by atoms with Gasteiger partial charge in [-0.15, -0.1) is 0 Å². The van der Waals surface area contributed by atoms with Gasteiger partial charge in [0, 0.05) is 6.20 Å². The van der Waals surface area contributed by atoms with Crippen LogP contribution in [0.2, 0.25) is 0 Å². The average Bonchev–Trinajstić information content (AvgIpc) is 2.48. The fourth-order valence-electron chi connectivity index (χ4n) is 1.70. The highest BCUT2D eigenvalue weighted by Crippen LogP contribution is 2.30. The molecule has 2 rings (SSSR count). The van der Waals surface area contributed by atoms with Gasteiger partial charge >= 0.3 is 5.97 Å². The predicted octanol–water partition coefficient (Wildman–Crippen LogP) is 2.37. The molecule has 7 heteroatoms. The molecule has 0 aliphatic carbocycles. The quantitative estimate of drug-likeness (QED) is 0.911. The molecule has 0 atom stereocenters. The highest BCUT2D eigenvalue weighted by atomic mass is 32.2. The zero-order chi connectivity index (χ0) is 15.5. The number of para-hydroxylation sites is 1. The number of aromatic carboxylic acids is 1. The van der Waals surface area contributed by atoms with Gasteiger partial charge < -0.3 is 9.84 Å². The molecule has 0 amide bonds. The minimum atomic E-state index is -3.47. The van der Waals surface area contributed by atoms with E-state index in [1.165, 1.54) is 37.5 Å². The van der Waals surface area contributed by atoms with E-state index in [0.29, 0.717) is 0 Å². The van der Waals surface area contributed by atoms with Crippen LogP contribution in [0.5, 0.6) is 11.5 Å². The molecule has 0 unspecified atom stereocenters. The third kappa shape index (κ3) is 3.19. The van der Waals surface area contributed by atoms with Gasteiger partial charge in [-0.2, -0.15) is 0 Å². The van der Waals surface area contributed by atoms with Crippen molar-refractivity contribution in [2.45, 2.75) is 11.8 Å². The Balaban J connectivity index is 2.49. The van der Waals surface area contributed by atoms with E-state index >= 15 is 0 Å². The molecule has 110 valence electrons. The number of carbonyl (C=O) groups is 1. The SMILES string of the molecule is CCS(=O)(=O)c1ccccc1Oc1cnccc1C(=O)O. The van der Waals surface area contributed by atoms with E-state index in [-0.39, 0.29) is 27.7 Å². The van der Waals surface area contributed by atoms with Crippen LogP contribution in [0.4, 0.5) is 0 Å². The largest absolute Gasteiger partial charge is 0.478 e. The van der Waals surface area contributed by atoms with Gasteiger partial charge in [0.05, 0.1) is 11.9 Å². The third-order valence-electron chi connectivity index (χ3n) is 2.80. The molecule has 2 aromatic rings. The Morgan fingerprint density at radius 1 is 1.24 bits per heavy atom. The molecule has 1 heterocycles. The molecule has 1 aromatic heterocycles. The number of sulfone groups is 1. The number of hydrogen-bond acceptors (Lipinski definition) is 5. The number of carboxylic acid groups (broad SMARTS) is 1. The van der Waals surface area contributed by atoms with Gasteiger partial charge in [0.1, 0.15) is 16.2 Å². The lowest BCUT2D eigenvalue weighted by atomic mass is 10.2. The summed E-state index contributed by atoms with van der Waals surface area (Å²) in [7, 11) is -3.47. The second-order valence-corrected chi connectivity index (χ2v) is 6.38. The maximum atomic E-state index is 12.0. The van der Waals surface area contributed by atoms with E-state index in [0.717, 1.165) is 0 Å². The van der Waals surface area contributed by atoms with Crippen molar-refractivity contribution in [1.82, 2.24) is 4.98 Å². The van der Waals surface area contributed by atoms with Crippen molar-refractivity contribution in [3.05, 3.63) is 48.3 Å². The van der Waals surface area contributed by atoms with Crippen LogP contribution in [0, 0.1) is 0 Å². The van der Waals surface area contributed by atoms with Crippen molar-refractivity contribution < 1.29 is 23.1 Å². The van der Waals surface area contributed by atoms with Crippen LogP contribution in [-0.2, 0) is 9.84 Å². The summed E-state index contributed by atoms with van der Waals surface area (Å²) in [4.78, 5) is 14.9. The second-order valence-electron chi connectivity index (χ2n) is 4.13. The first-order valence-electron chi connectivity index (χ1n) is 6.12. The summed E-state index contributed by atoms with van der Waals surface area (Å²) in [6.07, 6.45) is 2.56. The fraction of sp³-hybridized carbons (Fsp3) is 0.143. The van der Waals surface area contributed by atoms with Crippen molar-refractivity contribution in [2.24, 2.45) is 0 Å². The normalized spacial score (nSPS) is 11.1. The number of ether oxygens (including phenoxy) is 1. The molecule has 0 aliphatic rings. The van der Waals surface area contributed by atoms with Crippen LogP contribution in [-0.4, -0.2) is 30.2 Å².